The van der Waals surface area contributed by atoms with Crippen molar-refractivity contribution in [1.82, 2.24) is 20.3 Å². The van der Waals surface area contributed by atoms with Crippen molar-refractivity contribution in [2.75, 3.05) is 0 Å². The summed E-state index contributed by atoms with van der Waals surface area (Å²) >= 11 is 5.33. The van der Waals surface area contributed by atoms with Gasteiger partial charge in [-0.3, -0.25) is 0 Å². The van der Waals surface area contributed by atoms with Crippen LogP contribution in [0.25, 0.3) is 15.8 Å². The van der Waals surface area contributed by atoms with E-state index >= 15 is 0 Å². The summed E-state index contributed by atoms with van der Waals surface area (Å²) in [6.07, 6.45) is 1.96. The van der Waals surface area contributed by atoms with Gasteiger partial charge in [-0.15, -0.1) is 16.4 Å². The van der Waals surface area contributed by atoms with Crippen LogP contribution in [-0.4, -0.2) is 15.0 Å². The number of halogens is 1. The Morgan fingerprint density at radius 2 is 1.88 bits per heavy atom. The van der Waals surface area contributed by atoms with E-state index in [0.717, 1.165) is 22.4 Å². The van der Waals surface area contributed by atoms with Crippen molar-refractivity contribution in [3.8, 4) is 5.69 Å². The lowest BCUT2D eigenvalue weighted by Gasteiger charge is -2.02. The topological polar surface area (TPSA) is 42.7 Å². The van der Waals surface area contributed by atoms with Crippen molar-refractivity contribution in [3.05, 3.63) is 75.8 Å². The highest BCUT2D eigenvalue weighted by atomic mass is 79.9. The first-order valence-corrected chi connectivity index (χ1v) is 9.30. The lowest BCUT2D eigenvalue weighted by Crippen LogP contribution is -2.12. The van der Waals surface area contributed by atoms with E-state index in [1.165, 1.54) is 15.6 Å². The van der Waals surface area contributed by atoms with Gasteiger partial charge in [0.25, 0.3) is 0 Å². The zero-order valence-electron chi connectivity index (χ0n) is 12.8. The molecule has 4 nitrogen and oxygen atoms in total. The van der Waals surface area contributed by atoms with Gasteiger partial charge < -0.3 is 5.32 Å². The van der Waals surface area contributed by atoms with Gasteiger partial charge in [-0.1, -0.05) is 35.5 Å². The molecule has 0 atom stereocenters. The average Bonchev–Trinajstić information content (AvgIpc) is 3.23. The van der Waals surface area contributed by atoms with Crippen LogP contribution in [0.2, 0.25) is 0 Å². The number of benzene rings is 2. The summed E-state index contributed by atoms with van der Waals surface area (Å²) in [6, 6.07) is 16.5. The first-order valence-electron chi connectivity index (χ1n) is 7.63. The molecule has 0 aliphatic heterocycles. The molecule has 2 aromatic carbocycles. The molecule has 0 saturated heterocycles. The summed E-state index contributed by atoms with van der Waals surface area (Å²) in [5, 5.41) is 15.5. The van der Waals surface area contributed by atoms with Gasteiger partial charge in [0, 0.05) is 22.3 Å². The fraction of sp³-hybridized carbons (Fsp3) is 0.111. The van der Waals surface area contributed by atoms with Crippen LogP contribution < -0.4 is 5.32 Å². The molecule has 2 aromatic heterocycles. The number of nitrogens with zero attached hydrogens (tertiary/aromatic N) is 3. The zero-order chi connectivity index (χ0) is 16.4. The van der Waals surface area contributed by atoms with E-state index in [4.69, 9.17) is 0 Å². The third-order valence-electron chi connectivity index (χ3n) is 3.82. The summed E-state index contributed by atoms with van der Waals surface area (Å²) in [4.78, 5) is 0. The number of hydrogen-bond donors (Lipinski definition) is 1. The average molecular weight is 399 g/mol. The van der Waals surface area contributed by atoms with E-state index < -0.39 is 0 Å². The quantitative estimate of drug-likeness (QED) is 0.536. The molecule has 0 spiro atoms. The monoisotopic (exact) mass is 398 g/mol. The Kier molecular flexibility index (Phi) is 4.42. The Labute approximate surface area is 152 Å². The number of hydrogen-bond acceptors (Lipinski definition) is 4. The molecular formula is C18H15BrN4S. The summed E-state index contributed by atoms with van der Waals surface area (Å²) in [5.74, 6) is 0. The smallest absolute Gasteiger partial charge is 0.0969 e. The Bertz CT molecular complexity index is 976. The van der Waals surface area contributed by atoms with Crippen LogP contribution >= 0.6 is 27.3 Å². The number of nitrogens with one attached hydrogen (secondary N) is 1. The van der Waals surface area contributed by atoms with E-state index in [0.29, 0.717) is 6.54 Å². The van der Waals surface area contributed by atoms with E-state index in [-0.39, 0.29) is 0 Å². The van der Waals surface area contributed by atoms with Crippen LogP contribution in [0.15, 0.2) is 64.6 Å². The molecule has 120 valence electrons. The number of aromatic nitrogens is 3. The molecule has 0 bridgehead atoms. The predicted molar refractivity (Wildman–Crippen MR) is 101 cm³/mol. The summed E-state index contributed by atoms with van der Waals surface area (Å²) in [7, 11) is 0. The largest absolute Gasteiger partial charge is 0.307 e. The highest BCUT2D eigenvalue weighted by Gasteiger charge is 2.07. The highest BCUT2D eigenvalue weighted by molar-refractivity contribution is 9.10. The minimum absolute atomic E-state index is 0.689. The maximum Gasteiger partial charge on any atom is 0.0969 e. The number of thiophene rings is 1. The second-order valence-corrected chi connectivity index (χ2v) is 7.23. The Morgan fingerprint density at radius 3 is 2.79 bits per heavy atom. The molecule has 4 aromatic rings. The van der Waals surface area contributed by atoms with E-state index in [9.17, 15) is 0 Å². The third kappa shape index (κ3) is 3.13. The normalized spacial score (nSPS) is 11.2. The van der Waals surface area contributed by atoms with Gasteiger partial charge in [0.2, 0.25) is 0 Å². The van der Waals surface area contributed by atoms with Crippen molar-refractivity contribution in [1.29, 1.82) is 0 Å². The van der Waals surface area contributed by atoms with Gasteiger partial charge in [-0.25, -0.2) is 4.68 Å². The molecule has 0 radical (unpaired) electrons. The van der Waals surface area contributed by atoms with Crippen LogP contribution in [0.5, 0.6) is 0 Å². The Balaban J connectivity index is 1.43. The number of fused-ring (bicyclic) bond motifs is 1. The van der Waals surface area contributed by atoms with Crippen LogP contribution in [0, 0.1) is 0 Å². The minimum atomic E-state index is 0.689. The summed E-state index contributed by atoms with van der Waals surface area (Å²) in [6.45, 7) is 1.51. The lowest BCUT2D eigenvalue weighted by atomic mass is 10.2. The van der Waals surface area contributed by atoms with E-state index in [1.54, 1.807) is 16.0 Å². The molecule has 2 heterocycles. The Morgan fingerprint density at radius 1 is 1.04 bits per heavy atom. The SMILES string of the molecule is Brc1ccccc1-n1cc(CNCc2csc3ccccc23)nn1. The maximum absolute atomic E-state index is 4.25. The Hall–Kier alpha value is -2.02. The maximum atomic E-state index is 4.25. The van der Waals surface area contributed by atoms with Crippen LogP contribution in [-0.2, 0) is 13.1 Å². The van der Waals surface area contributed by atoms with Gasteiger partial charge in [0.1, 0.15) is 0 Å². The molecule has 0 unspecified atom stereocenters. The second kappa shape index (κ2) is 6.84. The van der Waals surface area contributed by atoms with Gasteiger partial charge in [-0.2, -0.15) is 0 Å². The third-order valence-corrected chi connectivity index (χ3v) is 5.51. The molecule has 6 heteroatoms. The van der Waals surface area contributed by atoms with E-state index in [1.807, 2.05) is 30.5 Å². The predicted octanol–water partition coefficient (Wildman–Crippen LogP) is 4.53. The molecule has 0 amide bonds. The number of rotatable bonds is 5. The first kappa shape index (κ1) is 15.5. The molecule has 0 saturated carbocycles. The van der Waals surface area contributed by atoms with Gasteiger partial charge in [0.05, 0.1) is 17.6 Å². The van der Waals surface area contributed by atoms with Gasteiger partial charge >= 0.3 is 0 Å². The fourth-order valence-electron chi connectivity index (χ4n) is 2.63. The van der Waals surface area contributed by atoms with Crippen molar-refractivity contribution >= 4 is 37.4 Å². The van der Waals surface area contributed by atoms with Crippen LogP contribution in [0.1, 0.15) is 11.3 Å². The molecule has 1 N–H and O–H groups in total. The number of para-hydroxylation sites is 1. The molecule has 4 rings (SSSR count). The highest BCUT2D eigenvalue weighted by Crippen LogP contribution is 2.25. The van der Waals surface area contributed by atoms with Crippen LogP contribution in [0.3, 0.4) is 0 Å². The molecule has 24 heavy (non-hydrogen) atoms. The molecular weight excluding hydrogens is 384 g/mol. The molecule has 0 aliphatic rings. The fourth-order valence-corrected chi connectivity index (χ4v) is 4.06. The van der Waals surface area contributed by atoms with Gasteiger partial charge in [0.15, 0.2) is 0 Å². The summed E-state index contributed by atoms with van der Waals surface area (Å²) in [5.41, 5.74) is 3.24. The van der Waals surface area contributed by atoms with Crippen molar-refractivity contribution < 1.29 is 0 Å². The molecule has 0 fully saturated rings. The van der Waals surface area contributed by atoms with Crippen molar-refractivity contribution in [2.45, 2.75) is 13.1 Å². The first-order chi connectivity index (χ1) is 11.8. The van der Waals surface area contributed by atoms with Crippen molar-refractivity contribution in [3.63, 3.8) is 0 Å². The standard InChI is InChI=1S/C18H15BrN4S/c19-16-6-2-3-7-17(16)23-11-14(21-22-23)10-20-9-13-12-24-18-8-4-1-5-15(13)18/h1-8,11-12,20H,9-10H2. The summed E-state index contributed by atoms with van der Waals surface area (Å²) < 4.78 is 4.12. The van der Waals surface area contributed by atoms with Crippen molar-refractivity contribution in [2.24, 2.45) is 0 Å². The van der Waals surface area contributed by atoms with Gasteiger partial charge in [-0.05, 0) is 50.5 Å². The molecule has 0 aliphatic carbocycles. The minimum Gasteiger partial charge on any atom is -0.307 e. The second-order valence-electron chi connectivity index (χ2n) is 5.47. The van der Waals surface area contributed by atoms with Crippen LogP contribution in [0.4, 0.5) is 0 Å². The zero-order valence-corrected chi connectivity index (χ0v) is 15.2. The van der Waals surface area contributed by atoms with E-state index in [2.05, 4.69) is 61.2 Å². The lowest BCUT2D eigenvalue weighted by molar-refractivity contribution is 0.680.